The van der Waals surface area contributed by atoms with E-state index in [4.69, 9.17) is 9.15 Å². The molecule has 0 saturated carbocycles. The molecule has 1 aromatic heterocycles. The lowest BCUT2D eigenvalue weighted by atomic mass is 9.95. The molecular formula is C21H25ClN2O4. The molecule has 6 nitrogen and oxygen atoms in total. The van der Waals surface area contributed by atoms with Crippen LogP contribution in [-0.4, -0.2) is 37.0 Å². The van der Waals surface area contributed by atoms with Crippen molar-refractivity contribution in [2.24, 2.45) is 0 Å². The largest absolute Gasteiger partial charge is 0.491 e. The Morgan fingerprint density at radius 2 is 2.11 bits per heavy atom. The van der Waals surface area contributed by atoms with Crippen LogP contribution in [0.1, 0.15) is 46.0 Å². The second kappa shape index (κ2) is 8.80. The number of carbonyl (C=O) groups excluding carboxylic acids is 1. The van der Waals surface area contributed by atoms with Crippen LogP contribution in [0.15, 0.2) is 39.5 Å². The first-order chi connectivity index (χ1) is 13.1. The molecule has 7 heteroatoms. The zero-order valence-corrected chi connectivity index (χ0v) is 16.7. The van der Waals surface area contributed by atoms with Gasteiger partial charge in [0, 0.05) is 24.6 Å². The van der Waals surface area contributed by atoms with Gasteiger partial charge in [0.2, 0.25) is 0 Å². The SMILES string of the molecule is Cc1cc(C2CCCNC2)oc(=O)c1C(=O)N1CCOc2ccccc2C1.Cl. The summed E-state index contributed by atoms with van der Waals surface area (Å²) in [5.41, 5.74) is 1.20. The molecule has 0 bridgehead atoms. The van der Waals surface area contributed by atoms with Crippen molar-refractivity contribution in [1.29, 1.82) is 0 Å². The van der Waals surface area contributed by atoms with Crippen molar-refractivity contribution >= 4 is 18.3 Å². The zero-order valence-electron chi connectivity index (χ0n) is 15.9. The molecule has 4 rings (SSSR count). The third-order valence-corrected chi connectivity index (χ3v) is 5.32. The average Bonchev–Trinajstić information content (AvgIpc) is 2.90. The Balaban J connectivity index is 0.00000225. The van der Waals surface area contributed by atoms with E-state index in [0.717, 1.165) is 37.2 Å². The molecule has 1 saturated heterocycles. The van der Waals surface area contributed by atoms with Crippen LogP contribution < -0.4 is 15.7 Å². The molecule has 3 heterocycles. The lowest BCUT2D eigenvalue weighted by Gasteiger charge is -2.23. The summed E-state index contributed by atoms with van der Waals surface area (Å²) in [5, 5.41) is 3.33. The minimum absolute atomic E-state index is 0. The van der Waals surface area contributed by atoms with Crippen LogP contribution >= 0.6 is 12.4 Å². The fourth-order valence-electron chi connectivity index (χ4n) is 3.84. The van der Waals surface area contributed by atoms with Crippen molar-refractivity contribution in [2.45, 2.75) is 32.2 Å². The number of ether oxygens (including phenoxy) is 1. The summed E-state index contributed by atoms with van der Waals surface area (Å²) < 4.78 is 11.3. The number of carbonyl (C=O) groups is 1. The second-order valence-corrected chi connectivity index (χ2v) is 7.22. The lowest BCUT2D eigenvalue weighted by molar-refractivity contribution is 0.0727. The number of nitrogens with zero attached hydrogens (tertiary/aromatic N) is 1. The average molecular weight is 405 g/mol. The molecule has 0 spiro atoms. The van der Waals surface area contributed by atoms with Gasteiger partial charge in [0.25, 0.3) is 5.91 Å². The topological polar surface area (TPSA) is 71.8 Å². The molecular weight excluding hydrogens is 380 g/mol. The number of nitrogens with one attached hydrogen (secondary N) is 1. The van der Waals surface area contributed by atoms with Crippen LogP contribution in [0.5, 0.6) is 5.75 Å². The van der Waals surface area contributed by atoms with E-state index in [1.165, 1.54) is 0 Å². The Morgan fingerprint density at radius 1 is 1.29 bits per heavy atom. The smallest absolute Gasteiger partial charge is 0.349 e. The summed E-state index contributed by atoms with van der Waals surface area (Å²) in [6.07, 6.45) is 2.05. The Kier molecular flexibility index (Phi) is 6.42. The highest BCUT2D eigenvalue weighted by molar-refractivity contribution is 5.95. The second-order valence-electron chi connectivity index (χ2n) is 7.22. The van der Waals surface area contributed by atoms with Gasteiger partial charge in [-0.1, -0.05) is 18.2 Å². The molecule has 1 atom stereocenters. The maximum Gasteiger partial charge on any atom is 0.349 e. The number of rotatable bonds is 2. The summed E-state index contributed by atoms with van der Waals surface area (Å²) >= 11 is 0. The van der Waals surface area contributed by atoms with Crippen LogP contribution in [0, 0.1) is 6.92 Å². The number of para-hydroxylation sites is 1. The molecule has 1 amide bonds. The molecule has 0 radical (unpaired) electrons. The van der Waals surface area contributed by atoms with Crippen LogP contribution in [0.3, 0.4) is 0 Å². The molecule has 2 aliphatic rings. The summed E-state index contributed by atoms with van der Waals surface area (Å²) in [7, 11) is 0. The van der Waals surface area contributed by atoms with Crippen molar-refractivity contribution < 1.29 is 13.9 Å². The minimum Gasteiger partial charge on any atom is -0.491 e. The molecule has 1 unspecified atom stereocenters. The van der Waals surface area contributed by atoms with Gasteiger partial charge in [0.1, 0.15) is 23.7 Å². The van der Waals surface area contributed by atoms with Gasteiger partial charge >= 0.3 is 5.63 Å². The molecule has 1 N–H and O–H groups in total. The quantitative estimate of drug-likeness (QED) is 0.833. The fraction of sp³-hybridized carbons (Fsp3) is 0.429. The number of hydrogen-bond acceptors (Lipinski definition) is 5. The van der Waals surface area contributed by atoms with Crippen molar-refractivity contribution in [1.82, 2.24) is 10.2 Å². The van der Waals surface area contributed by atoms with Crippen LogP contribution in [-0.2, 0) is 6.54 Å². The van der Waals surface area contributed by atoms with E-state index >= 15 is 0 Å². The molecule has 1 fully saturated rings. The number of hydrogen-bond donors (Lipinski definition) is 1. The summed E-state index contributed by atoms with van der Waals surface area (Å²) in [5.74, 6) is 1.35. The highest BCUT2D eigenvalue weighted by atomic mass is 35.5. The molecule has 2 aromatic rings. The van der Waals surface area contributed by atoms with E-state index in [1.807, 2.05) is 37.3 Å². The van der Waals surface area contributed by atoms with Gasteiger partial charge in [0.05, 0.1) is 6.54 Å². The van der Waals surface area contributed by atoms with E-state index in [-0.39, 0.29) is 29.8 Å². The van der Waals surface area contributed by atoms with Gasteiger partial charge < -0.3 is 19.4 Å². The van der Waals surface area contributed by atoms with Gasteiger partial charge in [-0.25, -0.2) is 4.79 Å². The molecule has 28 heavy (non-hydrogen) atoms. The minimum atomic E-state index is -0.543. The predicted molar refractivity (Wildman–Crippen MR) is 108 cm³/mol. The van der Waals surface area contributed by atoms with Gasteiger partial charge in [-0.05, 0) is 44.0 Å². The normalized spacial score (nSPS) is 19.0. The van der Waals surface area contributed by atoms with Gasteiger partial charge in [-0.2, -0.15) is 0 Å². The lowest BCUT2D eigenvalue weighted by Crippen LogP contribution is -2.36. The van der Waals surface area contributed by atoms with E-state index in [9.17, 15) is 9.59 Å². The maximum atomic E-state index is 13.1. The number of piperidine rings is 1. The monoisotopic (exact) mass is 404 g/mol. The van der Waals surface area contributed by atoms with Gasteiger partial charge in [-0.15, -0.1) is 12.4 Å². The molecule has 1 aromatic carbocycles. The Labute approximate surface area is 170 Å². The Hall–Kier alpha value is -2.31. The first kappa shape index (κ1) is 20.4. The van der Waals surface area contributed by atoms with Crippen molar-refractivity contribution in [3.63, 3.8) is 0 Å². The van der Waals surface area contributed by atoms with E-state index in [0.29, 0.717) is 31.0 Å². The number of fused-ring (bicyclic) bond motifs is 1. The number of halogens is 1. The summed E-state index contributed by atoms with van der Waals surface area (Å²) in [6.45, 7) is 4.86. The highest BCUT2D eigenvalue weighted by Gasteiger charge is 2.27. The van der Waals surface area contributed by atoms with E-state index in [1.54, 1.807) is 4.90 Å². The van der Waals surface area contributed by atoms with Gasteiger partial charge in [-0.3, -0.25) is 4.79 Å². The number of benzene rings is 1. The predicted octanol–water partition coefficient (Wildman–Crippen LogP) is 2.87. The first-order valence-corrected chi connectivity index (χ1v) is 9.49. The third kappa shape index (κ3) is 4.08. The summed E-state index contributed by atoms with van der Waals surface area (Å²) in [4.78, 5) is 27.4. The van der Waals surface area contributed by atoms with E-state index < -0.39 is 5.63 Å². The van der Waals surface area contributed by atoms with Crippen LogP contribution in [0.2, 0.25) is 0 Å². The summed E-state index contributed by atoms with van der Waals surface area (Å²) in [6, 6.07) is 9.52. The molecule has 0 aliphatic carbocycles. The standard InChI is InChI=1S/C21H24N2O4.ClH/c1-14-11-18(15-6-4-8-22-12-15)27-21(25)19(14)20(24)23-9-10-26-17-7-3-2-5-16(17)13-23;/h2-3,5,7,11,15,22H,4,6,8-10,12-13H2,1H3;1H. The van der Waals surface area contributed by atoms with Crippen LogP contribution in [0.4, 0.5) is 0 Å². The Morgan fingerprint density at radius 3 is 2.86 bits per heavy atom. The highest BCUT2D eigenvalue weighted by Crippen LogP contribution is 2.26. The molecule has 150 valence electrons. The first-order valence-electron chi connectivity index (χ1n) is 9.49. The fourth-order valence-corrected chi connectivity index (χ4v) is 3.84. The molecule has 2 aliphatic heterocycles. The Bertz CT molecular complexity index is 906. The van der Waals surface area contributed by atoms with Crippen molar-refractivity contribution in [2.75, 3.05) is 26.2 Å². The van der Waals surface area contributed by atoms with Gasteiger partial charge in [0.15, 0.2) is 0 Å². The van der Waals surface area contributed by atoms with Crippen LogP contribution in [0.25, 0.3) is 0 Å². The number of amides is 1. The maximum absolute atomic E-state index is 13.1. The zero-order chi connectivity index (χ0) is 18.8. The van der Waals surface area contributed by atoms with Crippen molar-refractivity contribution in [3.8, 4) is 5.75 Å². The third-order valence-electron chi connectivity index (χ3n) is 5.32. The van der Waals surface area contributed by atoms with E-state index in [2.05, 4.69) is 5.32 Å². The van der Waals surface area contributed by atoms with Crippen molar-refractivity contribution in [3.05, 3.63) is 63.2 Å². The number of aryl methyl sites for hydroxylation is 1.